The van der Waals surface area contributed by atoms with Crippen LogP contribution >= 0.6 is 15.9 Å². The zero-order valence-corrected chi connectivity index (χ0v) is 11.5. The summed E-state index contributed by atoms with van der Waals surface area (Å²) in [5.74, 6) is 0. The lowest BCUT2D eigenvalue weighted by Crippen LogP contribution is -2.50. The molecule has 1 aromatic carbocycles. The largest absolute Gasteiger partial charge is 0.314 e. The lowest BCUT2D eigenvalue weighted by Gasteiger charge is -2.33. The molecule has 0 bridgehead atoms. The van der Waals surface area contributed by atoms with E-state index in [9.17, 15) is 0 Å². The fraction of sp³-hybridized carbons (Fsp3) is 0.538. The Kier molecular flexibility index (Phi) is 4.00. The highest BCUT2D eigenvalue weighted by molar-refractivity contribution is 9.10. The Morgan fingerprint density at radius 1 is 1.50 bits per heavy atom. The molecular formula is C13H19BrN2. The van der Waals surface area contributed by atoms with Gasteiger partial charge in [0, 0.05) is 30.1 Å². The number of halogens is 1. The summed E-state index contributed by atoms with van der Waals surface area (Å²) in [5.41, 5.74) is 2.84. The minimum Gasteiger partial charge on any atom is -0.314 e. The molecule has 1 N–H and O–H groups in total. The van der Waals surface area contributed by atoms with Gasteiger partial charge in [0.15, 0.2) is 0 Å². The van der Waals surface area contributed by atoms with Crippen molar-refractivity contribution in [1.82, 2.24) is 10.2 Å². The molecule has 1 aliphatic rings. The number of hydrogen-bond acceptors (Lipinski definition) is 2. The monoisotopic (exact) mass is 282 g/mol. The van der Waals surface area contributed by atoms with Crippen molar-refractivity contribution in [3.8, 4) is 0 Å². The second-order valence-corrected chi connectivity index (χ2v) is 5.53. The molecule has 1 aliphatic heterocycles. The van der Waals surface area contributed by atoms with Crippen LogP contribution in [0.15, 0.2) is 22.7 Å². The van der Waals surface area contributed by atoms with Gasteiger partial charge in [0.1, 0.15) is 0 Å². The molecule has 0 aromatic heterocycles. The molecule has 0 amide bonds. The van der Waals surface area contributed by atoms with E-state index in [1.54, 1.807) is 0 Å². The summed E-state index contributed by atoms with van der Waals surface area (Å²) in [4.78, 5) is 2.46. The fourth-order valence-electron chi connectivity index (χ4n) is 2.20. The molecule has 0 spiro atoms. The highest BCUT2D eigenvalue weighted by Gasteiger charge is 2.19. The smallest absolute Gasteiger partial charge is 0.0258 e. The Labute approximate surface area is 106 Å². The minimum atomic E-state index is 0.627. The average molecular weight is 283 g/mol. The van der Waals surface area contributed by atoms with E-state index in [2.05, 4.69) is 58.3 Å². The zero-order chi connectivity index (χ0) is 11.5. The molecule has 0 aliphatic carbocycles. The van der Waals surface area contributed by atoms with E-state index in [4.69, 9.17) is 0 Å². The van der Waals surface area contributed by atoms with Crippen molar-refractivity contribution in [2.45, 2.75) is 19.4 Å². The van der Waals surface area contributed by atoms with Gasteiger partial charge in [0.25, 0.3) is 0 Å². The Morgan fingerprint density at radius 3 is 3.06 bits per heavy atom. The molecule has 1 atom stereocenters. The van der Waals surface area contributed by atoms with Crippen LogP contribution in [0.4, 0.5) is 0 Å². The average Bonchev–Trinajstić information content (AvgIpc) is 2.27. The van der Waals surface area contributed by atoms with E-state index in [1.165, 1.54) is 15.6 Å². The number of nitrogens with zero attached hydrogens (tertiary/aromatic N) is 1. The summed E-state index contributed by atoms with van der Waals surface area (Å²) in [5, 5.41) is 3.47. The van der Waals surface area contributed by atoms with Gasteiger partial charge in [-0.1, -0.05) is 22.0 Å². The quantitative estimate of drug-likeness (QED) is 0.895. The Morgan fingerprint density at radius 2 is 2.31 bits per heavy atom. The summed E-state index contributed by atoms with van der Waals surface area (Å²) in [6.07, 6.45) is 1.13. The van der Waals surface area contributed by atoms with Crippen LogP contribution in [0.2, 0.25) is 0 Å². The molecule has 2 nitrogen and oxygen atoms in total. The van der Waals surface area contributed by atoms with Crippen LogP contribution in [0.5, 0.6) is 0 Å². The van der Waals surface area contributed by atoms with Crippen LogP contribution in [0.25, 0.3) is 0 Å². The first kappa shape index (κ1) is 12.1. The Bertz CT molecular complexity index is 365. The van der Waals surface area contributed by atoms with Crippen molar-refractivity contribution in [3.63, 3.8) is 0 Å². The Hall–Kier alpha value is -0.380. The number of hydrogen-bond donors (Lipinski definition) is 1. The van der Waals surface area contributed by atoms with Crippen LogP contribution in [0, 0.1) is 6.92 Å². The van der Waals surface area contributed by atoms with Gasteiger partial charge >= 0.3 is 0 Å². The predicted octanol–water partition coefficient (Wildman–Crippen LogP) is 2.20. The minimum absolute atomic E-state index is 0.627. The zero-order valence-electron chi connectivity index (χ0n) is 9.96. The van der Waals surface area contributed by atoms with Crippen molar-refractivity contribution < 1.29 is 0 Å². The maximum absolute atomic E-state index is 3.55. The molecule has 1 unspecified atom stereocenters. The molecule has 3 heteroatoms. The molecule has 1 heterocycles. The van der Waals surface area contributed by atoms with Crippen LogP contribution in [-0.4, -0.2) is 37.6 Å². The molecule has 0 radical (unpaired) electrons. The van der Waals surface area contributed by atoms with E-state index in [0.717, 1.165) is 26.1 Å². The Balaban J connectivity index is 2.10. The van der Waals surface area contributed by atoms with E-state index in [0.29, 0.717) is 6.04 Å². The highest BCUT2D eigenvalue weighted by Crippen LogP contribution is 2.19. The van der Waals surface area contributed by atoms with Crippen LogP contribution < -0.4 is 5.32 Å². The van der Waals surface area contributed by atoms with Gasteiger partial charge in [-0.3, -0.25) is 0 Å². The number of likely N-dealkylation sites (N-methyl/N-ethyl adjacent to an activating group) is 1. The normalized spacial score (nSPS) is 22.3. The van der Waals surface area contributed by atoms with Crippen molar-refractivity contribution in [3.05, 3.63) is 33.8 Å². The van der Waals surface area contributed by atoms with Crippen LogP contribution in [0.1, 0.15) is 11.1 Å². The summed E-state index contributed by atoms with van der Waals surface area (Å²) in [6, 6.07) is 7.18. The van der Waals surface area contributed by atoms with E-state index in [1.807, 2.05) is 0 Å². The third-order valence-electron chi connectivity index (χ3n) is 3.41. The van der Waals surface area contributed by atoms with E-state index in [-0.39, 0.29) is 0 Å². The molecule has 0 saturated carbocycles. The third kappa shape index (κ3) is 2.84. The summed E-state index contributed by atoms with van der Waals surface area (Å²) in [7, 11) is 2.22. The van der Waals surface area contributed by atoms with Gasteiger partial charge in [0.2, 0.25) is 0 Å². The first-order valence-electron chi connectivity index (χ1n) is 5.83. The molecule has 16 heavy (non-hydrogen) atoms. The molecule has 1 aromatic rings. The number of aryl methyl sites for hydroxylation is 1. The van der Waals surface area contributed by atoms with Crippen molar-refractivity contribution in [1.29, 1.82) is 0 Å². The lowest BCUT2D eigenvalue weighted by atomic mass is 9.99. The SMILES string of the molecule is Cc1ccc(Br)cc1CC1CNCCN1C. The van der Waals surface area contributed by atoms with E-state index >= 15 is 0 Å². The number of rotatable bonds is 2. The lowest BCUT2D eigenvalue weighted by molar-refractivity contribution is 0.199. The van der Waals surface area contributed by atoms with Crippen LogP contribution in [0.3, 0.4) is 0 Å². The number of benzene rings is 1. The number of piperazine rings is 1. The molecule has 2 rings (SSSR count). The van der Waals surface area contributed by atoms with Gasteiger partial charge < -0.3 is 10.2 Å². The van der Waals surface area contributed by atoms with Gasteiger partial charge in [-0.05, 0) is 43.7 Å². The maximum atomic E-state index is 3.55. The van der Waals surface area contributed by atoms with Gasteiger partial charge in [-0.15, -0.1) is 0 Å². The standard InChI is InChI=1S/C13H19BrN2/c1-10-3-4-12(14)7-11(10)8-13-9-15-5-6-16(13)2/h3-4,7,13,15H,5-6,8-9H2,1-2H3. The summed E-state index contributed by atoms with van der Waals surface area (Å²) in [6.45, 7) is 5.56. The predicted molar refractivity (Wildman–Crippen MR) is 71.9 cm³/mol. The van der Waals surface area contributed by atoms with Crippen molar-refractivity contribution >= 4 is 15.9 Å². The molecule has 1 saturated heterocycles. The van der Waals surface area contributed by atoms with Crippen molar-refractivity contribution in [2.24, 2.45) is 0 Å². The first-order valence-corrected chi connectivity index (χ1v) is 6.62. The molecule has 88 valence electrons. The van der Waals surface area contributed by atoms with Crippen LogP contribution in [-0.2, 0) is 6.42 Å². The summed E-state index contributed by atoms with van der Waals surface area (Å²) < 4.78 is 1.18. The van der Waals surface area contributed by atoms with Gasteiger partial charge in [-0.2, -0.15) is 0 Å². The maximum Gasteiger partial charge on any atom is 0.0258 e. The van der Waals surface area contributed by atoms with Crippen molar-refractivity contribution in [2.75, 3.05) is 26.7 Å². The molecular weight excluding hydrogens is 264 g/mol. The van der Waals surface area contributed by atoms with Gasteiger partial charge in [-0.25, -0.2) is 0 Å². The second kappa shape index (κ2) is 5.30. The van der Waals surface area contributed by atoms with Gasteiger partial charge in [0.05, 0.1) is 0 Å². The molecule has 1 fully saturated rings. The number of nitrogens with one attached hydrogen (secondary N) is 1. The summed E-state index contributed by atoms with van der Waals surface area (Å²) >= 11 is 3.55. The first-order chi connectivity index (χ1) is 7.66. The highest BCUT2D eigenvalue weighted by atomic mass is 79.9. The fourth-order valence-corrected chi connectivity index (χ4v) is 2.61. The second-order valence-electron chi connectivity index (χ2n) is 4.61. The topological polar surface area (TPSA) is 15.3 Å². The third-order valence-corrected chi connectivity index (χ3v) is 3.90. The van der Waals surface area contributed by atoms with E-state index < -0.39 is 0 Å².